The lowest BCUT2D eigenvalue weighted by atomic mass is 10.0. The lowest BCUT2D eigenvalue weighted by Gasteiger charge is -2.40. The van der Waals surface area contributed by atoms with Crippen LogP contribution < -0.4 is 11.1 Å². The van der Waals surface area contributed by atoms with E-state index in [9.17, 15) is 0 Å². The molecule has 1 atom stereocenters. The number of nitrogens with one attached hydrogen (secondary N) is 1. The third-order valence-corrected chi connectivity index (χ3v) is 2.67. The van der Waals surface area contributed by atoms with Gasteiger partial charge in [-0.25, -0.2) is 0 Å². The van der Waals surface area contributed by atoms with Gasteiger partial charge in [0.1, 0.15) is 0 Å². The van der Waals surface area contributed by atoms with Crippen LogP contribution in [0.1, 0.15) is 27.2 Å². The van der Waals surface area contributed by atoms with Crippen molar-refractivity contribution in [3.05, 3.63) is 0 Å². The first kappa shape index (κ1) is 11.0. The van der Waals surface area contributed by atoms with E-state index >= 15 is 0 Å². The summed E-state index contributed by atoms with van der Waals surface area (Å²) < 4.78 is 0. The predicted octanol–water partition coefficient (Wildman–Crippen LogP) is 0.408. The van der Waals surface area contributed by atoms with E-state index in [1.54, 1.807) is 0 Å². The van der Waals surface area contributed by atoms with Crippen LogP contribution in [0.15, 0.2) is 0 Å². The normalized spacial score (nSPS) is 25.8. The maximum absolute atomic E-state index is 5.93. The first-order chi connectivity index (χ1) is 6.03. The van der Waals surface area contributed by atoms with Crippen LogP contribution in [0.25, 0.3) is 0 Å². The number of piperazine rings is 1. The van der Waals surface area contributed by atoms with Crippen molar-refractivity contribution in [2.45, 2.75) is 38.8 Å². The van der Waals surface area contributed by atoms with Gasteiger partial charge in [0.2, 0.25) is 0 Å². The van der Waals surface area contributed by atoms with Crippen molar-refractivity contribution in [3.63, 3.8) is 0 Å². The van der Waals surface area contributed by atoms with Gasteiger partial charge in [-0.2, -0.15) is 0 Å². The van der Waals surface area contributed by atoms with Gasteiger partial charge in [0.15, 0.2) is 0 Å². The second-order valence-electron chi connectivity index (χ2n) is 4.71. The van der Waals surface area contributed by atoms with Gasteiger partial charge < -0.3 is 11.1 Å². The Bertz CT molecular complexity index is 156. The highest BCUT2D eigenvalue weighted by molar-refractivity contribution is 4.87. The average molecular weight is 185 g/mol. The maximum atomic E-state index is 5.93. The van der Waals surface area contributed by atoms with E-state index in [2.05, 4.69) is 31.0 Å². The zero-order valence-electron chi connectivity index (χ0n) is 9.14. The number of nitrogens with zero attached hydrogens (tertiary/aromatic N) is 1. The van der Waals surface area contributed by atoms with Crippen molar-refractivity contribution >= 4 is 0 Å². The fourth-order valence-electron chi connectivity index (χ4n) is 1.86. The zero-order chi connectivity index (χ0) is 9.90. The summed E-state index contributed by atoms with van der Waals surface area (Å²) in [6.07, 6.45) is 1.07. The Morgan fingerprint density at radius 2 is 2.23 bits per heavy atom. The van der Waals surface area contributed by atoms with Crippen molar-refractivity contribution < 1.29 is 0 Å². The van der Waals surface area contributed by atoms with E-state index in [1.807, 2.05) is 0 Å². The van der Waals surface area contributed by atoms with Gasteiger partial charge in [-0.1, -0.05) is 6.92 Å². The molecule has 1 aliphatic heterocycles. The molecule has 1 unspecified atom stereocenters. The van der Waals surface area contributed by atoms with Gasteiger partial charge in [0, 0.05) is 37.8 Å². The SMILES string of the molecule is CCC(N)CN1CCNC(C)(C)C1. The van der Waals surface area contributed by atoms with Crippen LogP contribution >= 0.6 is 0 Å². The van der Waals surface area contributed by atoms with Crippen LogP contribution in [-0.4, -0.2) is 42.7 Å². The Balaban J connectivity index is 2.34. The highest BCUT2D eigenvalue weighted by Gasteiger charge is 2.25. The molecule has 3 nitrogen and oxygen atoms in total. The maximum Gasteiger partial charge on any atom is 0.0252 e. The molecule has 78 valence electrons. The molecule has 1 fully saturated rings. The molecular formula is C10H23N3. The van der Waals surface area contributed by atoms with Crippen LogP contribution in [0.3, 0.4) is 0 Å². The van der Waals surface area contributed by atoms with Crippen LogP contribution in [0.5, 0.6) is 0 Å². The fourth-order valence-corrected chi connectivity index (χ4v) is 1.86. The monoisotopic (exact) mass is 185 g/mol. The Kier molecular flexibility index (Phi) is 3.71. The lowest BCUT2D eigenvalue weighted by molar-refractivity contribution is 0.147. The number of hydrogen-bond donors (Lipinski definition) is 2. The van der Waals surface area contributed by atoms with E-state index in [0.29, 0.717) is 6.04 Å². The Morgan fingerprint density at radius 3 is 2.77 bits per heavy atom. The average Bonchev–Trinajstić information content (AvgIpc) is 2.02. The Hall–Kier alpha value is -0.120. The van der Waals surface area contributed by atoms with Gasteiger partial charge >= 0.3 is 0 Å². The summed E-state index contributed by atoms with van der Waals surface area (Å²) in [6, 6.07) is 0.342. The van der Waals surface area contributed by atoms with Crippen molar-refractivity contribution in [2.24, 2.45) is 5.73 Å². The standard InChI is InChI=1S/C10H23N3/c1-4-9(11)7-13-6-5-12-10(2,3)8-13/h9,12H,4-8,11H2,1-3H3. The highest BCUT2D eigenvalue weighted by Crippen LogP contribution is 2.10. The first-order valence-electron chi connectivity index (χ1n) is 5.26. The van der Waals surface area contributed by atoms with Crippen molar-refractivity contribution in [2.75, 3.05) is 26.2 Å². The largest absolute Gasteiger partial charge is 0.327 e. The highest BCUT2D eigenvalue weighted by atomic mass is 15.2. The summed E-state index contributed by atoms with van der Waals surface area (Å²) in [7, 11) is 0. The molecule has 1 aliphatic rings. The van der Waals surface area contributed by atoms with E-state index in [-0.39, 0.29) is 5.54 Å². The fraction of sp³-hybridized carbons (Fsp3) is 1.00. The minimum atomic E-state index is 0.256. The number of nitrogens with two attached hydrogens (primary N) is 1. The Labute approximate surface area is 81.7 Å². The molecule has 0 aromatic rings. The third-order valence-electron chi connectivity index (χ3n) is 2.67. The van der Waals surface area contributed by atoms with Crippen LogP contribution in [0.2, 0.25) is 0 Å². The molecule has 1 saturated heterocycles. The molecule has 0 aromatic carbocycles. The van der Waals surface area contributed by atoms with Crippen molar-refractivity contribution in [3.8, 4) is 0 Å². The summed E-state index contributed by atoms with van der Waals surface area (Å²) in [5.41, 5.74) is 6.19. The molecule has 1 heterocycles. The second kappa shape index (κ2) is 4.40. The first-order valence-corrected chi connectivity index (χ1v) is 5.26. The van der Waals surface area contributed by atoms with Gasteiger partial charge in [-0.15, -0.1) is 0 Å². The summed E-state index contributed by atoms with van der Waals surface area (Å²) in [5, 5.41) is 3.50. The number of hydrogen-bond acceptors (Lipinski definition) is 3. The van der Waals surface area contributed by atoms with Crippen molar-refractivity contribution in [1.82, 2.24) is 10.2 Å². The van der Waals surface area contributed by atoms with Gasteiger partial charge in [0.25, 0.3) is 0 Å². The lowest BCUT2D eigenvalue weighted by Crippen LogP contribution is -2.58. The zero-order valence-corrected chi connectivity index (χ0v) is 9.14. The summed E-state index contributed by atoms with van der Waals surface area (Å²) in [6.45, 7) is 11.0. The van der Waals surface area contributed by atoms with E-state index in [0.717, 1.165) is 32.6 Å². The molecule has 0 radical (unpaired) electrons. The van der Waals surface area contributed by atoms with Crippen LogP contribution in [0.4, 0.5) is 0 Å². The molecule has 0 spiro atoms. The van der Waals surface area contributed by atoms with E-state index in [1.165, 1.54) is 0 Å². The van der Waals surface area contributed by atoms with E-state index < -0.39 is 0 Å². The van der Waals surface area contributed by atoms with Gasteiger partial charge in [-0.05, 0) is 20.3 Å². The minimum absolute atomic E-state index is 0.256. The molecule has 1 rings (SSSR count). The third kappa shape index (κ3) is 3.63. The molecule has 0 amide bonds. The smallest absolute Gasteiger partial charge is 0.0252 e. The van der Waals surface area contributed by atoms with Gasteiger partial charge in [0.05, 0.1) is 0 Å². The molecule has 0 saturated carbocycles. The summed E-state index contributed by atoms with van der Waals surface area (Å²) in [4.78, 5) is 2.46. The molecule has 0 aromatic heterocycles. The molecular weight excluding hydrogens is 162 g/mol. The number of rotatable bonds is 3. The molecule has 3 heteroatoms. The van der Waals surface area contributed by atoms with E-state index in [4.69, 9.17) is 5.73 Å². The molecule has 0 bridgehead atoms. The predicted molar refractivity (Wildman–Crippen MR) is 56.8 cm³/mol. The molecule has 0 aliphatic carbocycles. The molecule has 13 heavy (non-hydrogen) atoms. The topological polar surface area (TPSA) is 41.3 Å². The van der Waals surface area contributed by atoms with Gasteiger partial charge in [-0.3, -0.25) is 4.90 Å². The Morgan fingerprint density at radius 1 is 1.54 bits per heavy atom. The summed E-state index contributed by atoms with van der Waals surface area (Å²) >= 11 is 0. The van der Waals surface area contributed by atoms with Crippen LogP contribution in [-0.2, 0) is 0 Å². The second-order valence-corrected chi connectivity index (χ2v) is 4.71. The quantitative estimate of drug-likeness (QED) is 0.669. The molecule has 3 N–H and O–H groups in total. The minimum Gasteiger partial charge on any atom is -0.327 e. The van der Waals surface area contributed by atoms with Crippen molar-refractivity contribution in [1.29, 1.82) is 0 Å². The van der Waals surface area contributed by atoms with Crippen LogP contribution in [0, 0.1) is 0 Å². The summed E-state index contributed by atoms with van der Waals surface area (Å²) in [5.74, 6) is 0.